The molecule has 0 amide bonds. The van der Waals surface area contributed by atoms with Gasteiger partial charge in [-0.15, -0.1) is 0 Å². The van der Waals surface area contributed by atoms with E-state index in [9.17, 15) is 23.3 Å². The van der Waals surface area contributed by atoms with Crippen LogP contribution >= 0.6 is 0 Å². The quantitative estimate of drug-likeness (QED) is 0.495. The van der Waals surface area contributed by atoms with E-state index in [2.05, 4.69) is 10.3 Å². The van der Waals surface area contributed by atoms with E-state index in [4.69, 9.17) is 0 Å². The first-order chi connectivity index (χ1) is 7.88. The van der Waals surface area contributed by atoms with Gasteiger partial charge in [-0.2, -0.15) is 13.2 Å². The Morgan fingerprint density at radius 3 is 2.59 bits per heavy atom. The summed E-state index contributed by atoms with van der Waals surface area (Å²) in [5.41, 5.74) is 0.456. The van der Waals surface area contributed by atoms with E-state index >= 15 is 0 Å². The summed E-state index contributed by atoms with van der Waals surface area (Å²) < 4.78 is 35.4. The molecule has 17 heavy (non-hydrogen) atoms. The monoisotopic (exact) mass is 249 g/mol. The molecule has 5 nitrogen and oxygen atoms in total. The minimum atomic E-state index is -4.16. The van der Waals surface area contributed by atoms with Crippen LogP contribution < -0.4 is 5.32 Å². The van der Waals surface area contributed by atoms with Crippen LogP contribution in [0.2, 0.25) is 0 Å². The van der Waals surface area contributed by atoms with Gasteiger partial charge < -0.3 is 15.4 Å². The summed E-state index contributed by atoms with van der Waals surface area (Å²) in [4.78, 5) is 13.2. The number of hydrogen-bond donors (Lipinski definition) is 1. The van der Waals surface area contributed by atoms with Crippen LogP contribution in [0.4, 0.5) is 24.7 Å². The molecule has 1 aromatic heterocycles. The molecule has 0 unspecified atom stereocenters. The smallest absolute Gasteiger partial charge is 0.382 e. The number of pyridine rings is 1. The first-order valence-electron chi connectivity index (χ1n) is 4.79. The molecule has 0 atom stereocenters. The second-order valence-electron chi connectivity index (χ2n) is 3.31. The minimum Gasteiger partial charge on any atom is -0.382 e. The van der Waals surface area contributed by atoms with Crippen LogP contribution in [0.3, 0.4) is 0 Å². The van der Waals surface area contributed by atoms with Crippen LogP contribution in [0.1, 0.15) is 12.8 Å². The van der Waals surface area contributed by atoms with Crippen molar-refractivity contribution in [1.82, 2.24) is 4.98 Å². The van der Waals surface area contributed by atoms with Gasteiger partial charge in [0.2, 0.25) is 0 Å². The number of halogens is 3. The topological polar surface area (TPSA) is 68.1 Å². The summed E-state index contributed by atoms with van der Waals surface area (Å²) in [6.07, 6.45) is -3.86. The Bertz CT molecular complexity index is 378. The fourth-order valence-electron chi connectivity index (χ4n) is 1.12. The standard InChI is InChI=1S/C9H10F3N3O2/c10-9(11,12)4-1-5-13-7-2-3-8(14-6-7)15(16)17/h2-3,6,13H,1,4-5H2. The first-order valence-corrected chi connectivity index (χ1v) is 4.79. The van der Waals surface area contributed by atoms with Crippen molar-refractivity contribution >= 4 is 11.5 Å². The highest BCUT2D eigenvalue weighted by Gasteiger charge is 2.25. The number of nitro groups is 1. The highest BCUT2D eigenvalue weighted by molar-refractivity contribution is 5.43. The van der Waals surface area contributed by atoms with Gasteiger partial charge in [-0.1, -0.05) is 0 Å². The van der Waals surface area contributed by atoms with Gasteiger partial charge >= 0.3 is 12.0 Å². The Labute approximate surface area is 94.8 Å². The summed E-state index contributed by atoms with van der Waals surface area (Å²) in [5, 5.41) is 13.0. The second kappa shape index (κ2) is 5.46. The number of anilines is 1. The SMILES string of the molecule is O=[N+]([O-])c1ccc(NCCCC(F)(F)F)cn1. The number of hydrogen-bond acceptors (Lipinski definition) is 4. The van der Waals surface area contributed by atoms with Crippen molar-refractivity contribution < 1.29 is 18.1 Å². The molecule has 0 bridgehead atoms. The molecule has 0 fully saturated rings. The number of nitrogens with zero attached hydrogens (tertiary/aromatic N) is 2. The maximum Gasteiger partial charge on any atom is 0.389 e. The zero-order valence-electron chi connectivity index (χ0n) is 8.70. The van der Waals surface area contributed by atoms with E-state index in [1.807, 2.05) is 0 Å². The minimum absolute atomic E-state index is 0.0551. The molecule has 94 valence electrons. The number of rotatable bonds is 5. The lowest BCUT2D eigenvalue weighted by Crippen LogP contribution is -2.11. The van der Waals surface area contributed by atoms with Gasteiger partial charge in [0.25, 0.3) is 0 Å². The molecule has 1 aromatic rings. The van der Waals surface area contributed by atoms with Crippen LogP contribution in [0.25, 0.3) is 0 Å². The highest BCUT2D eigenvalue weighted by Crippen LogP contribution is 2.21. The molecule has 0 aromatic carbocycles. The Morgan fingerprint density at radius 2 is 2.12 bits per heavy atom. The average molecular weight is 249 g/mol. The molecule has 0 saturated heterocycles. The molecule has 0 saturated carbocycles. The van der Waals surface area contributed by atoms with Crippen molar-refractivity contribution in [1.29, 1.82) is 0 Å². The van der Waals surface area contributed by atoms with E-state index in [1.54, 1.807) is 0 Å². The van der Waals surface area contributed by atoms with Gasteiger partial charge in [-0.3, -0.25) is 0 Å². The van der Waals surface area contributed by atoms with E-state index in [-0.39, 0.29) is 18.8 Å². The Balaban J connectivity index is 2.35. The molecular formula is C9H10F3N3O2. The van der Waals surface area contributed by atoms with Crippen LogP contribution in [0, 0.1) is 10.1 Å². The van der Waals surface area contributed by atoms with Crippen molar-refractivity contribution in [2.45, 2.75) is 19.0 Å². The molecule has 0 aliphatic heterocycles. The molecule has 0 spiro atoms. The van der Waals surface area contributed by atoms with E-state index in [0.717, 1.165) is 0 Å². The van der Waals surface area contributed by atoms with E-state index in [0.29, 0.717) is 5.69 Å². The van der Waals surface area contributed by atoms with Crippen molar-refractivity contribution in [3.63, 3.8) is 0 Å². The summed E-state index contributed by atoms with van der Waals surface area (Å²) in [7, 11) is 0. The summed E-state index contributed by atoms with van der Waals surface area (Å²) >= 11 is 0. The van der Waals surface area contributed by atoms with Crippen molar-refractivity contribution in [3.8, 4) is 0 Å². The van der Waals surface area contributed by atoms with Crippen molar-refractivity contribution in [3.05, 3.63) is 28.4 Å². The Hall–Kier alpha value is -1.86. The summed E-state index contributed by atoms with van der Waals surface area (Å²) in [6, 6.07) is 2.59. The van der Waals surface area contributed by atoms with Gasteiger partial charge in [0.15, 0.2) is 6.20 Å². The third-order valence-corrected chi connectivity index (χ3v) is 1.90. The summed E-state index contributed by atoms with van der Waals surface area (Å²) in [5.74, 6) is -0.300. The second-order valence-corrected chi connectivity index (χ2v) is 3.31. The van der Waals surface area contributed by atoms with Crippen molar-refractivity contribution in [2.24, 2.45) is 0 Å². The number of nitrogens with one attached hydrogen (secondary N) is 1. The molecule has 1 rings (SSSR count). The molecule has 0 radical (unpaired) electrons. The van der Waals surface area contributed by atoms with Crippen LogP contribution in [0.15, 0.2) is 18.3 Å². The molecule has 1 N–H and O–H groups in total. The maximum atomic E-state index is 11.8. The zero-order valence-corrected chi connectivity index (χ0v) is 8.70. The summed E-state index contributed by atoms with van der Waals surface area (Å²) in [6.45, 7) is 0.138. The van der Waals surface area contributed by atoms with Gasteiger partial charge in [-0.05, 0) is 22.4 Å². The predicted molar refractivity (Wildman–Crippen MR) is 54.7 cm³/mol. The normalized spacial score (nSPS) is 11.2. The lowest BCUT2D eigenvalue weighted by atomic mass is 10.3. The maximum absolute atomic E-state index is 11.8. The average Bonchev–Trinajstić information content (AvgIpc) is 2.24. The van der Waals surface area contributed by atoms with Crippen molar-refractivity contribution in [2.75, 3.05) is 11.9 Å². The largest absolute Gasteiger partial charge is 0.389 e. The lowest BCUT2D eigenvalue weighted by Gasteiger charge is -2.07. The Morgan fingerprint density at radius 1 is 1.41 bits per heavy atom. The molecular weight excluding hydrogens is 239 g/mol. The molecule has 1 heterocycles. The molecule has 0 aliphatic rings. The van der Waals surface area contributed by atoms with E-state index < -0.39 is 17.5 Å². The van der Waals surface area contributed by atoms with Gasteiger partial charge in [0, 0.05) is 19.0 Å². The Kier molecular flexibility index (Phi) is 4.24. The highest BCUT2D eigenvalue weighted by atomic mass is 19.4. The molecule has 8 heteroatoms. The molecule has 0 aliphatic carbocycles. The third kappa shape index (κ3) is 5.14. The van der Waals surface area contributed by atoms with Crippen LogP contribution in [0.5, 0.6) is 0 Å². The van der Waals surface area contributed by atoms with Gasteiger partial charge in [-0.25, -0.2) is 0 Å². The first kappa shape index (κ1) is 13.2. The number of aromatic nitrogens is 1. The third-order valence-electron chi connectivity index (χ3n) is 1.90. The zero-order chi connectivity index (χ0) is 12.9. The van der Waals surface area contributed by atoms with Gasteiger partial charge in [0.1, 0.15) is 0 Å². The van der Waals surface area contributed by atoms with E-state index in [1.165, 1.54) is 18.3 Å². The lowest BCUT2D eigenvalue weighted by molar-refractivity contribution is -0.389. The fourth-order valence-corrected chi connectivity index (χ4v) is 1.12. The predicted octanol–water partition coefficient (Wildman–Crippen LogP) is 2.74. The van der Waals surface area contributed by atoms with Crippen LogP contribution in [-0.4, -0.2) is 22.6 Å². The van der Waals surface area contributed by atoms with Gasteiger partial charge in [0.05, 0.1) is 5.69 Å². The fraction of sp³-hybridized carbons (Fsp3) is 0.444. The van der Waals surface area contributed by atoms with Crippen LogP contribution in [-0.2, 0) is 0 Å². The number of alkyl halides is 3.